The van der Waals surface area contributed by atoms with Crippen molar-refractivity contribution in [2.75, 3.05) is 13.9 Å². The van der Waals surface area contributed by atoms with Crippen molar-refractivity contribution in [3.63, 3.8) is 0 Å². The fourth-order valence-corrected chi connectivity index (χ4v) is 2.60. The lowest BCUT2D eigenvalue weighted by atomic mass is 9.71. The van der Waals surface area contributed by atoms with Crippen molar-refractivity contribution in [2.24, 2.45) is 5.11 Å². The molecule has 0 bridgehead atoms. The van der Waals surface area contributed by atoms with Gasteiger partial charge in [0.15, 0.2) is 0 Å². The standard InChI is InChI=1S/C14H19N2O2/c1-14(2)7-6-13(18-9-17-3)11-8-10(16-15)4-5-12(11)14/h4-5,8,13H,6-7,9H2,1-3H3. The molecule has 0 saturated carbocycles. The third-order valence-corrected chi connectivity index (χ3v) is 3.65. The number of hydrogen-bond donors (Lipinski definition) is 0. The number of rotatable bonds is 4. The van der Waals surface area contributed by atoms with E-state index in [0.29, 0.717) is 5.69 Å². The fourth-order valence-electron chi connectivity index (χ4n) is 2.60. The molecule has 4 nitrogen and oxygen atoms in total. The summed E-state index contributed by atoms with van der Waals surface area (Å²) < 4.78 is 10.7. The second-order valence-electron chi connectivity index (χ2n) is 5.36. The Morgan fingerprint density at radius 3 is 2.89 bits per heavy atom. The third-order valence-electron chi connectivity index (χ3n) is 3.65. The molecule has 1 unspecified atom stereocenters. The maximum Gasteiger partial charge on any atom is 0.147 e. The summed E-state index contributed by atoms with van der Waals surface area (Å²) in [7, 11) is 1.62. The average molecular weight is 247 g/mol. The summed E-state index contributed by atoms with van der Waals surface area (Å²) in [5.74, 6) is 0. The quantitative estimate of drug-likeness (QED) is 0.605. The SMILES string of the molecule is COCOC1CCC(C)(C)c2ccc(N=[N])cc21. The van der Waals surface area contributed by atoms with Crippen LogP contribution in [-0.2, 0) is 14.9 Å². The first-order valence-electron chi connectivity index (χ1n) is 6.18. The molecule has 0 saturated heterocycles. The van der Waals surface area contributed by atoms with Gasteiger partial charge in [0.1, 0.15) is 6.79 Å². The van der Waals surface area contributed by atoms with Crippen molar-refractivity contribution in [3.8, 4) is 0 Å². The monoisotopic (exact) mass is 247 g/mol. The Bertz CT molecular complexity index is 443. The van der Waals surface area contributed by atoms with Crippen LogP contribution in [0.5, 0.6) is 0 Å². The van der Waals surface area contributed by atoms with E-state index in [9.17, 15) is 0 Å². The number of ether oxygens (including phenoxy) is 2. The Kier molecular flexibility index (Phi) is 3.78. The molecule has 2 rings (SSSR count). The average Bonchev–Trinajstić information content (AvgIpc) is 2.37. The van der Waals surface area contributed by atoms with Crippen LogP contribution in [0.25, 0.3) is 0 Å². The summed E-state index contributed by atoms with van der Waals surface area (Å²) in [4.78, 5) is 0. The number of nitrogens with zero attached hydrogens (tertiary/aromatic N) is 2. The highest BCUT2D eigenvalue weighted by molar-refractivity contribution is 5.48. The summed E-state index contributed by atoms with van der Waals surface area (Å²) in [5, 5.41) is 3.25. The second-order valence-corrected chi connectivity index (χ2v) is 5.36. The Labute approximate surface area is 108 Å². The lowest BCUT2D eigenvalue weighted by Gasteiger charge is -2.36. The Morgan fingerprint density at radius 2 is 2.22 bits per heavy atom. The summed E-state index contributed by atoms with van der Waals surface area (Å²) in [5.41, 5.74) is 12.0. The first-order chi connectivity index (χ1) is 8.58. The maximum absolute atomic E-state index is 8.89. The molecule has 0 spiro atoms. The van der Waals surface area contributed by atoms with E-state index < -0.39 is 0 Å². The molecule has 1 aromatic rings. The van der Waals surface area contributed by atoms with Crippen molar-refractivity contribution in [1.82, 2.24) is 5.53 Å². The van der Waals surface area contributed by atoms with E-state index in [1.54, 1.807) is 7.11 Å². The minimum atomic E-state index is 0.0228. The molecule has 1 radical (unpaired) electrons. The van der Waals surface area contributed by atoms with Gasteiger partial charge >= 0.3 is 0 Å². The molecule has 0 aromatic heterocycles. The van der Waals surface area contributed by atoms with Gasteiger partial charge in [-0.15, -0.1) is 5.11 Å². The smallest absolute Gasteiger partial charge is 0.147 e. The zero-order valence-electron chi connectivity index (χ0n) is 11.1. The highest BCUT2D eigenvalue weighted by atomic mass is 16.7. The minimum absolute atomic E-state index is 0.0228. The molecule has 0 amide bonds. The Balaban J connectivity index is 2.39. The molecule has 1 aliphatic rings. The predicted octanol–water partition coefficient (Wildman–Crippen LogP) is 3.30. The van der Waals surface area contributed by atoms with Gasteiger partial charge in [0.2, 0.25) is 0 Å². The lowest BCUT2D eigenvalue weighted by Crippen LogP contribution is -2.27. The van der Waals surface area contributed by atoms with Crippen LogP contribution in [0.1, 0.15) is 43.9 Å². The highest BCUT2D eigenvalue weighted by Gasteiger charge is 2.33. The van der Waals surface area contributed by atoms with Gasteiger partial charge in [-0.2, -0.15) is 0 Å². The van der Waals surface area contributed by atoms with E-state index in [2.05, 4.69) is 19.0 Å². The van der Waals surface area contributed by atoms with Gasteiger partial charge in [0.05, 0.1) is 11.8 Å². The molecule has 0 N–H and O–H groups in total. The van der Waals surface area contributed by atoms with Crippen molar-refractivity contribution < 1.29 is 9.47 Å². The molecule has 0 heterocycles. The van der Waals surface area contributed by atoms with Gasteiger partial charge in [-0.25, -0.2) is 0 Å². The number of fused-ring (bicyclic) bond motifs is 1. The van der Waals surface area contributed by atoms with Gasteiger partial charge in [0, 0.05) is 7.11 Å². The molecule has 97 valence electrons. The van der Waals surface area contributed by atoms with Gasteiger partial charge in [0.25, 0.3) is 0 Å². The molecule has 1 atom stereocenters. The van der Waals surface area contributed by atoms with E-state index in [4.69, 9.17) is 15.0 Å². The van der Waals surface area contributed by atoms with Gasteiger partial charge < -0.3 is 9.47 Å². The number of benzene rings is 1. The van der Waals surface area contributed by atoms with E-state index >= 15 is 0 Å². The summed E-state index contributed by atoms with van der Waals surface area (Å²) in [6, 6.07) is 5.77. The molecule has 1 aromatic carbocycles. The Hall–Kier alpha value is -1.26. The van der Waals surface area contributed by atoms with Crippen molar-refractivity contribution >= 4 is 5.69 Å². The van der Waals surface area contributed by atoms with Crippen molar-refractivity contribution in [3.05, 3.63) is 29.3 Å². The Morgan fingerprint density at radius 1 is 1.44 bits per heavy atom. The van der Waals surface area contributed by atoms with Gasteiger partial charge in [-0.05, 0) is 47.0 Å². The predicted molar refractivity (Wildman–Crippen MR) is 68.6 cm³/mol. The van der Waals surface area contributed by atoms with E-state index in [1.165, 1.54) is 5.56 Å². The maximum atomic E-state index is 8.89. The van der Waals surface area contributed by atoms with Crippen LogP contribution >= 0.6 is 0 Å². The van der Waals surface area contributed by atoms with Crippen LogP contribution in [0.3, 0.4) is 0 Å². The minimum Gasteiger partial charge on any atom is -0.359 e. The summed E-state index contributed by atoms with van der Waals surface area (Å²) in [6.45, 7) is 4.74. The van der Waals surface area contributed by atoms with E-state index in [0.717, 1.165) is 18.4 Å². The molecule has 0 aliphatic heterocycles. The molecule has 18 heavy (non-hydrogen) atoms. The molecule has 1 aliphatic carbocycles. The van der Waals surface area contributed by atoms with Crippen LogP contribution < -0.4 is 5.53 Å². The zero-order valence-corrected chi connectivity index (χ0v) is 11.1. The van der Waals surface area contributed by atoms with Crippen LogP contribution in [0.2, 0.25) is 0 Å². The van der Waals surface area contributed by atoms with Crippen molar-refractivity contribution in [1.29, 1.82) is 0 Å². The number of methoxy groups -OCH3 is 1. The first kappa shape index (κ1) is 13.2. The summed E-state index contributed by atoms with van der Waals surface area (Å²) >= 11 is 0. The molecular formula is C14H19N2O2. The highest BCUT2D eigenvalue weighted by Crippen LogP contribution is 2.44. The lowest BCUT2D eigenvalue weighted by molar-refractivity contribution is -0.0808. The molecular weight excluding hydrogens is 228 g/mol. The van der Waals surface area contributed by atoms with E-state index in [1.807, 2.05) is 18.2 Å². The fraction of sp³-hybridized carbons (Fsp3) is 0.571. The van der Waals surface area contributed by atoms with Gasteiger partial charge in [-0.3, -0.25) is 0 Å². The normalized spacial score (nSPS) is 21.4. The summed E-state index contributed by atoms with van der Waals surface area (Å²) in [6.07, 6.45) is 2.05. The largest absolute Gasteiger partial charge is 0.359 e. The van der Waals surface area contributed by atoms with E-state index in [-0.39, 0.29) is 18.3 Å². The molecule has 0 fully saturated rings. The second kappa shape index (κ2) is 5.16. The van der Waals surface area contributed by atoms with Crippen LogP contribution in [0.4, 0.5) is 5.69 Å². The topological polar surface area (TPSA) is 53.1 Å². The van der Waals surface area contributed by atoms with Crippen molar-refractivity contribution in [2.45, 2.75) is 38.2 Å². The van der Waals surface area contributed by atoms with Crippen LogP contribution in [0.15, 0.2) is 23.3 Å². The number of hydrogen-bond acceptors (Lipinski definition) is 3. The van der Waals surface area contributed by atoms with Crippen LogP contribution in [0, 0.1) is 0 Å². The van der Waals surface area contributed by atoms with Gasteiger partial charge in [-0.1, -0.05) is 19.9 Å². The molecule has 4 heteroatoms. The third kappa shape index (κ3) is 2.44. The van der Waals surface area contributed by atoms with Crippen LogP contribution in [-0.4, -0.2) is 13.9 Å². The first-order valence-corrected chi connectivity index (χ1v) is 6.18. The zero-order chi connectivity index (χ0) is 13.2.